The van der Waals surface area contributed by atoms with E-state index in [0.29, 0.717) is 12.2 Å². The normalized spacial score (nSPS) is 22.9. The first-order valence-corrected chi connectivity index (χ1v) is 6.80. The Labute approximate surface area is 118 Å². The number of hydrogen-bond acceptors (Lipinski definition) is 2. The summed E-state index contributed by atoms with van der Waals surface area (Å²) in [4.78, 5) is 2.07. The van der Waals surface area contributed by atoms with Gasteiger partial charge < -0.3 is 10.2 Å². The van der Waals surface area contributed by atoms with Crippen molar-refractivity contribution in [2.45, 2.75) is 45.5 Å². The van der Waals surface area contributed by atoms with Crippen LogP contribution in [0.25, 0.3) is 0 Å². The van der Waals surface area contributed by atoms with Crippen LogP contribution in [0, 0.1) is 6.92 Å². The van der Waals surface area contributed by atoms with E-state index in [1.807, 2.05) is 13.8 Å². The first kappa shape index (κ1) is 15.2. The number of benzene rings is 1. The molecule has 1 saturated heterocycles. The molecule has 1 aromatic carbocycles. The van der Waals surface area contributed by atoms with Crippen LogP contribution in [0.3, 0.4) is 0 Å². The fourth-order valence-corrected chi connectivity index (χ4v) is 2.59. The summed E-state index contributed by atoms with van der Waals surface area (Å²) >= 11 is 0. The molecule has 2 rings (SSSR count). The molecule has 0 bridgehead atoms. The number of halogens is 3. The molecule has 1 aliphatic rings. The highest BCUT2D eigenvalue weighted by atomic mass is 19.4. The van der Waals surface area contributed by atoms with Gasteiger partial charge in [-0.3, -0.25) is 0 Å². The molecule has 2 nitrogen and oxygen atoms in total. The first-order valence-electron chi connectivity index (χ1n) is 6.80. The Kier molecular flexibility index (Phi) is 3.75. The minimum atomic E-state index is -4.30. The van der Waals surface area contributed by atoms with Crippen molar-refractivity contribution in [3.8, 4) is 0 Å². The molecule has 20 heavy (non-hydrogen) atoms. The Morgan fingerprint density at radius 1 is 1.30 bits per heavy atom. The van der Waals surface area contributed by atoms with E-state index in [0.717, 1.165) is 18.2 Å². The Hall–Kier alpha value is -1.23. The molecule has 112 valence electrons. The number of nitrogens with zero attached hydrogens (tertiary/aromatic N) is 1. The standard InChI is InChI=1S/C15H21F3N2/c1-10-5-6-12(15(16,17)18)7-13(10)20-9-14(3,4)19-8-11(20)2/h5-7,11,19H,8-9H2,1-4H3. The highest BCUT2D eigenvalue weighted by Gasteiger charge is 2.34. The molecule has 1 atom stereocenters. The molecule has 1 unspecified atom stereocenters. The highest BCUT2D eigenvalue weighted by Crippen LogP contribution is 2.34. The third kappa shape index (κ3) is 3.08. The van der Waals surface area contributed by atoms with E-state index in [1.165, 1.54) is 6.07 Å². The van der Waals surface area contributed by atoms with E-state index in [2.05, 4.69) is 24.1 Å². The molecule has 1 aliphatic heterocycles. The van der Waals surface area contributed by atoms with Crippen LogP contribution in [-0.4, -0.2) is 24.7 Å². The second-order valence-corrected chi connectivity index (χ2v) is 6.24. The van der Waals surface area contributed by atoms with Crippen LogP contribution in [0.2, 0.25) is 0 Å². The molecular formula is C15H21F3N2. The van der Waals surface area contributed by atoms with Gasteiger partial charge in [0.15, 0.2) is 0 Å². The van der Waals surface area contributed by atoms with Crippen LogP contribution in [0.4, 0.5) is 18.9 Å². The molecular weight excluding hydrogens is 265 g/mol. The van der Waals surface area contributed by atoms with Crippen molar-refractivity contribution in [1.82, 2.24) is 5.32 Å². The van der Waals surface area contributed by atoms with Gasteiger partial charge in [0.2, 0.25) is 0 Å². The molecule has 0 aliphatic carbocycles. The minimum Gasteiger partial charge on any atom is -0.365 e. The maximum atomic E-state index is 12.9. The lowest BCUT2D eigenvalue weighted by atomic mass is 9.97. The van der Waals surface area contributed by atoms with Crippen LogP contribution >= 0.6 is 0 Å². The second kappa shape index (κ2) is 4.95. The zero-order valence-corrected chi connectivity index (χ0v) is 12.3. The fourth-order valence-electron chi connectivity index (χ4n) is 2.59. The van der Waals surface area contributed by atoms with Crippen molar-refractivity contribution in [3.05, 3.63) is 29.3 Å². The zero-order chi connectivity index (χ0) is 15.1. The maximum absolute atomic E-state index is 12.9. The number of aryl methyl sites for hydroxylation is 1. The highest BCUT2D eigenvalue weighted by molar-refractivity contribution is 5.57. The van der Waals surface area contributed by atoms with Crippen molar-refractivity contribution in [2.24, 2.45) is 0 Å². The van der Waals surface area contributed by atoms with Crippen LogP contribution in [0.15, 0.2) is 18.2 Å². The lowest BCUT2D eigenvalue weighted by Crippen LogP contribution is -2.61. The summed E-state index contributed by atoms with van der Waals surface area (Å²) in [7, 11) is 0. The van der Waals surface area contributed by atoms with E-state index in [1.54, 1.807) is 6.07 Å². The van der Waals surface area contributed by atoms with Gasteiger partial charge in [0.1, 0.15) is 0 Å². The number of rotatable bonds is 1. The molecule has 0 amide bonds. The Balaban J connectivity index is 2.40. The van der Waals surface area contributed by atoms with Gasteiger partial charge in [0, 0.05) is 30.4 Å². The van der Waals surface area contributed by atoms with E-state index in [9.17, 15) is 13.2 Å². The largest absolute Gasteiger partial charge is 0.416 e. The van der Waals surface area contributed by atoms with Gasteiger partial charge in [-0.25, -0.2) is 0 Å². The average Bonchev–Trinajstić information content (AvgIpc) is 2.32. The monoisotopic (exact) mass is 286 g/mol. The van der Waals surface area contributed by atoms with Gasteiger partial charge in [-0.1, -0.05) is 6.07 Å². The predicted molar refractivity (Wildman–Crippen MR) is 75.1 cm³/mol. The Morgan fingerprint density at radius 2 is 1.95 bits per heavy atom. The van der Waals surface area contributed by atoms with Crippen LogP contribution < -0.4 is 10.2 Å². The zero-order valence-electron chi connectivity index (χ0n) is 12.3. The third-order valence-corrected chi connectivity index (χ3v) is 3.82. The Bertz CT molecular complexity index is 494. The van der Waals surface area contributed by atoms with Crippen LogP contribution in [0.1, 0.15) is 31.9 Å². The topological polar surface area (TPSA) is 15.3 Å². The van der Waals surface area contributed by atoms with Gasteiger partial charge in [-0.15, -0.1) is 0 Å². The van der Waals surface area contributed by atoms with Crippen molar-refractivity contribution in [1.29, 1.82) is 0 Å². The Morgan fingerprint density at radius 3 is 2.55 bits per heavy atom. The number of nitrogens with one attached hydrogen (secondary N) is 1. The lowest BCUT2D eigenvalue weighted by Gasteiger charge is -2.45. The van der Waals surface area contributed by atoms with Crippen molar-refractivity contribution < 1.29 is 13.2 Å². The molecule has 5 heteroatoms. The van der Waals surface area contributed by atoms with Gasteiger partial charge in [0.25, 0.3) is 0 Å². The van der Waals surface area contributed by atoms with Gasteiger partial charge in [-0.2, -0.15) is 13.2 Å². The van der Waals surface area contributed by atoms with E-state index in [4.69, 9.17) is 0 Å². The van der Waals surface area contributed by atoms with E-state index in [-0.39, 0.29) is 11.6 Å². The maximum Gasteiger partial charge on any atom is 0.416 e. The fraction of sp³-hybridized carbons (Fsp3) is 0.600. The summed E-state index contributed by atoms with van der Waals surface area (Å²) in [5.41, 5.74) is 0.874. The molecule has 0 spiro atoms. The summed E-state index contributed by atoms with van der Waals surface area (Å²) < 4.78 is 38.7. The SMILES string of the molecule is Cc1ccc(C(F)(F)F)cc1N1CC(C)(C)NCC1C. The van der Waals surface area contributed by atoms with Crippen molar-refractivity contribution >= 4 is 5.69 Å². The summed E-state index contributed by atoms with van der Waals surface area (Å²) in [5.74, 6) is 0. The van der Waals surface area contributed by atoms with E-state index >= 15 is 0 Å². The molecule has 0 aromatic heterocycles. The number of anilines is 1. The molecule has 1 heterocycles. The third-order valence-electron chi connectivity index (χ3n) is 3.82. The smallest absolute Gasteiger partial charge is 0.365 e. The second-order valence-electron chi connectivity index (χ2n) is 6.24. The summed E-state index contributed by atoms with van der Waals surface area (Å²) in [6.45, 7) is 9.47. The summed E-state index contributed by atoms with van der Waals surface area (Å²) in [5, 5.41) is 3.41. The van der Waals surface area contributed by atoms with Gasteiger partial charge >= 0.3 is 6.18 Å². The van der Waals surface area contributed by atoms with Crippen molar-refractivity contribution in [3.63, 3.8) is 0 Å². The van der Waals surface area contributed by atoms with E-state index < -0.39 is 11.7 Å². The number of alkyl halides is 3. The predicted octanol–water partition coefficient (Wildman–Crippen LogP) is 3.59. The van der Waals surface area contributed by atoms with Crippen LogP contribution in [-0.2, 0) is 6.18 Å². The molecule has 0 radical (unpaired) electrons. The quantitative estimate of drug-likeness (QED) is 0.848. The minimum absolute atomic E-state index is 0.104. The van der Waals surface area contributed by atoms with Gasteiger partial charge in [0.05, 0.1) is 5.56 Å². The van der Waals surface area contributed by atoms with Crippen LogP contribution in [0.5, 0.6) is 0 Å². The summed E-state index contributed by atoms with van der Waals surface area (Å²) in [6.07, 6.45) is -4.30. The molecule has 1 N–H and O–H groups in total. The summed E-state index contributed by atoms with van der Waals surface area (Å²) in [6, 6.07) is 4.15. The first-order chi connectivity index (χ1) is 9.10. The molecule has 1 aromatic rings. The van der Waals surface area contributed by atoms with Gasteiger partial charge in [-0.05, 0) is 45.4 Å². The number of piperazine rings is 1. The lowest BCUT2D eigenvalue weighted by molar-refractivity contribution is -0.137. The molecule has 0 saturated carbocycles. The van der Waals surface area contributed by atoms with Crippen molar-refractivity contribution in [2.75, 3.05) is 18.0 Å². The number of hydrogen-bond donors (Lipinski definition) is 1. The average molecular weight is 286 g/mol. The molecule has 1 fully saturated rings.